The summed E-state index contributed by atoms with van der Waals surface area (Å²) in [6.07, 6.45) is 0. The van der Waals surface area contributed by atoms with Crippen molar-refractivity contribution < 1.29 is 19.1 Å². The molecule has 25 heavy (non-hydrogen) atoms. The van der Waals surface area contributed by atoms with Gasteiger partial charge in [-0.05, 0) is 26.0 Å². The monoisotopic (exact) mass is 342 g/mol. The Morgan fingerprint density at radius 3 is 1.52 bits per heavy atom. The molecule has 6 nitrogen and oxygen atoms in total. The van der Waals surface area contributed by atoms with Gasteiger partial charge in [0.1, 0.15) is 5.66 Å². The highest BCUT2D eigenvalue weighted by molar-refractivity contribution is 5.94. The highest BCUT2D eigenvalue weighted by atomic mass is 16.5. The van der Waals surface area contributed by atoms with Crippen LogP contribution in [0.4, 0.5) is 0 Å². The quantitative estimate of drug-likeness (QED) is 0.616. The van der Waals surface area contributed by atoms with E-state index in [4.69, 9.17) is 20.9 Å². The van der Waals surface area contributed by atoms with Crippen LogP contribution in [0.25, 0.3) is 0 Å². The zero-order chi connectivity index (χ0) is 18.4. The molecule has 0 spiro atoms. The Morgan fingerprint density at radius 2 is 1.16 bits per heavy atom. The van der Waals surface area contributed by atoms with Gasteiger partial charge in [-0.3, -0.25) is 0 Å². The third kappa shape index (κ3) is 3.87. The molecular weight excluding hydrogens is 320 g/mol. The van der Waals surface area contributed by atoms with E-state index in [0.717, 1.165) is 0 Å². The maximum Gasteiger partial charge on any atom is 0.338 e. The van der Waals surface area contributed by atoms with Crippen LogP contribution >= 0.6 is 0 Å². The average molecular weight is 342 g/mol. The second-order valence-corrected chi connectivity index (χ2v) is 5.40. The Morgan fingerprint density at radius 1 is 0.800 bits per heavy atom. The predicted molar refractivity (Wildman–Crippen MR) is 94.0 cm³/mol. The standard InChI is InChI=1S/C19H22N2O4/c1-3-24-17(22)13-9-5-7-11-15(13)19(20,21)16-12-8-6-10-14(16)18(23)25-4-2/h5-12H,3-4,20-21H2,1-2H3. The van der Waals surface area contributed by atoms with E-state index in [9.17, 15) is 9.59 Å². The Labute approximate surface area is 146 Å². The molecule has 0 aliphatic rings. The van der Waals surface area contributed by atoms with Crippen molar-refractivity contribution in [1.29, 1.82) is 0 Å². The molecule has 4 N–H and O–H groups in total. The summed E-state index contributed by atoms with van der Waals surface area (Å²) in [6, 6.07) is 13.3. The lowest BCUT2D eigenvalue weighted by atomic mass is 9.86. The van der Waals surface area contributed by atoms with Crippen molar-refractivity contribution in [1.82, 2.24) is 0 Å². The minimum absolute atomic E-state index is 0.231. The van der Waals surface area contributed by atoms with Crippen LogP contribution in [0.5, 0.6) is 0 Å². The van der Waals surface area contributed by atoms with E-state index >= 15 is 0 Å². The fourth-order valence-electron chi connectivity index (χ4n) is 2.61. The van der Waals surface area contributed by atoms with Gasteiger partial charge in [-0.15, -0.1) is 0 Å². The Bertz CT molecular complexity index is 708. The number of ether oxygens (including phenoxy) is 2. The third-order valence-electron chi connectivity index (χ3n) is 3.74. The van der Waals surface area contributed by atoms with E-state index < -0.39 is 17.6 Å². The predicted octanol–water partition coefficient (Wildman–Crippen LogP) is 2.16. The van der Waals surface area contributed by atoms with Crippen LogP contribution in [0.2, 0.25) is 0 Å². The lowest BCUT2D eigenvalue weighted by molar-refractivity contribution is 0.0517. The molecule has 2 rings (SSSR count). The number of benzene rings is 2. The summed E-state index contributed by atoms with van der Waals surface area (Å²) in [5.74, 6) is -1.04. The number of nitrogens with two attached hydrogens (primary N) is 2. The molecule has 0 aromatic heterocycles. The van der Waals surface area contributed by atoms with Crippen LogP contribution in [-0.2, 0) is 15.1 Å². The summed E-state index contributed by atoms with van der Waals surface area (Å²) in [7, 11) is 0. The highest BCUT2D eigenvalue weighted by Crippen LogP contribution is 2.28. The third-order valence-corrected chi connectivity index (χ3v) is 3.74. The van der Waals surface area contributed by atoms with E-state index in [2.05, 4.69) is 0 Å². The number of hydrogen-bond donors (Lipinski definition) is 2. The Hall–Kier alpha value is -2.70. The van der Waals surface area contributed by atoms with Gasteiger partial charge in [-0.1, -0.05) is 36.4 Å². The summed E-state index contributed by atoms with van der Waals surface area (Å²) < 4.78 is 10.1. The first kappa shape index (κ1) is 18.6. The van der Waals surface area contributed by atoms with Gasteiger partial charge in [0.2, 0.25) is 0 Å². The molecule has 0 aliphatic heterocycles. The van der Waals surface area contributed by atoms with Crippen molar-refractivity contribution in [3.63, 3.8) is 0 Å². The fourth-order valence-corrected chi connectivity index (χ4v) is 2.61. The van der Waals surface area contributed by atoms with Gasteiger partial charge >= 0.3 is 11.9 Å². The SMILES string of the molecule is CCOC(=O)c1ccccc1C(N)(N)c1ccccc1C(=O)OCC. The topological polar surface area (TPSA) is 105 Å². The molecule has 2 aromatic rings. The molecular formula is C19H22N2O4. The van der Waals surface area contributed by atoms with Crippen molar-refractivity contribution in [2.45, 2.75) is 19.5 Å². The van der Waals surface area contributed by atoms with Gasteiger partial charge in [0, 0.05) is 11.1 Å². The van der Waals surface area contributed by atoms with Crippen LogP contribution in [0.15, 0.2) is 48.5 Å². The van der Waals surface area contributed by atoms with Crippen molar-refractivity contribution in [2.75, 3.05) is 13.2 Å². The number of carbonyl (C=O) groups excluding carboxylic acids is 2. The van der Waals surface area contributed by atoms with E-state index in [1.807, 2.05) is 0 Å². The van der Waals surface area contributed by atoms with Crippen molar-refractivity contribution in [3.05, 3.63) is 70.8 Å². The second-order valence-electron chi connectivity index (χ2n) is 5.40. The number of hydrogen-bond acceptors (Lipinski definition) is 6. The van der Waals surface area contributed by atoms with E-state index in [1.165, 1.54) is 0 Å². The van der Waals surface area contributed by atoms with Crippen LogP contribution in [0.3, 0.4) is 0 Å². The van der Waals surface area contributed by atoms with Gasteiger partial charge in [0.25, 0.3) is 0 Å². The fraction of sp³-hybridized carbons (Fsp3) is 0.263. The normalized spacial score (nSPS) is 11.0. The molecule has 0 saturated heterocycles. The summed E-state index contributed by atoms with van der Waals surface area (Å²) >= 11 is 0. The molecule has 0 saturated carbocycles. The van der Waals surface area contributed by atoms with E-state index in [-0.39, 0.29) is 24.3 Å². The minimum atomic E-state index is -1.58. The lowest BCUT2D eigenvalue weighted by Gasteiger charge is -2.29. The smallest absolute Gasteiger partial charge is 0.338 e. The van der Waals surface area contributed by atoms with E-state index in [1.54, 1.807) is 62.4 Å². The molecule has 0 aliphatic carbocycles. The molecule has 0 unspecified atom stereocenters. The Kier molecular flexibility index (Phi) is 5.90. The molecule has 0 atom stereocenters. The van der Waals surface area contributed by atoms with Gasteiger partial charge in [0.15, 0.2) is 0 Å². The first-order valence-corrected chi connectivity index (χ1v) is 8.04. The van der Waals surface area contributed by atoms with Gasteiger partial charge < -0.3 is 20.9 Å². The maximum absolute atomic E-state index is 12.2. The molecule has 0 bridgehead atoms. The molecule has 0 amide bonds. The van der Waals surface area contributed by atoms with Gasteiger partial charge in [-0.2, -0.15) is 0 Å². The second kappa shape index (κ2) is 7.92. The zero-order valence-electron chi connectivity index (χ0n) is 14.3. The summed E-state index contributed by atoms with van der Waals surface area (Å²) in [4.78, 5) is 24.5. The number of carbonyl (C=O) groups is 2. The maximum atomic E-state index is 12.2. The van der Waals surface area contributed by atoms with Crippen molar-refractivity contribution in [3.8, 4) is 0 Å². The number of esters is 2. The van der Waals surface area contributed by atoms with Crippen molar-refractivity contribution in [2.24, 2.45) is 11.5 Å². The lowest BCUT2D eigenvalue weighted by Crippen LogP contribution is -2.49. The average Bonchev–Trinajstić information content (AvgIpc) is 2.62. The first-order valence-electron chi connectivity index (χ1n) is 8.04. The Balaban J connectivity index is 2.58. The molecule has 6 heteroatoms. The van der Waals surface area contributed by atoms with Gasteiger partial charge in [-0.25, -0.2) is 9.59 Å². The van der Waals surface area contributed by atoms with Gasteiger partial charge in [0.05, 0.1) is 24.3 Å². The molecule has 2 aromatic carbocycles. The summed E-state index contributed by atoms with van der Waals surface area (Å²) in [5, 5.41) is 0. The van der Waals surface area contributed by atoms with Crippen LogP contribution in [0.1, 0.15) is 45.7 Å². The molecule has 0 heterocycles. The summed E-state index contributed by atoms with van der Waals surface area (Å²) in [5.41, 5.74) is 12.5. The summed E-state index contributed by atoms with van der Waals surface area (Å²) in [6.45, 7) is 3.90. The largest absolute Gasteiger partial charge is 0.462 e. The molecule has 0 radical (unpaired) electrons. The molecule has 132 valence electrons. The van der Waals surface area contributed by atoms with Crippen molar-refractivity contribution >= 4 is 11.9 Å². The zero-order valence-corrected chi connectivity index (χ0v) is 14.3. The highest BCUT2D eigenvalue weighted by Gasteiger charge is 2.33. The van der Waals surface area contributed by atoms with Crippen LogP contribution in [-0.4, -0.2) is 25.2 Å². The minimum Gasteiger partial charge on any atom is -0.462 e. The van der Waals surface area contributed by atoms with Crippen LogP contribution < -0.4 is 11.5 Å². The molecule has 0 fully saturated rings. The number of rotatable bonds is 6. The first-order chi connectivity index (χ1) is 11.9. The van der Waals surface area contributed by atoms with Crippen LogP contribution in [0, 0.1) is 0 Å². The van der Waals surface area contributed by atoms with E-state index in [0.29, 0.717) is 11.1 Å².